The SMILES string of the molecule is CCOC(=O)c1cccc(NC(=O)CN(c2ccc(C)cc2)S(=O)(=O)c2ccc(Cl)cc2)c1C. The fourth-order valence-electron chi connectivity index (χ4n) is 3.28. The lowest BCUT2D eigenvalue weighted by Gasteiger charge is -2.24. The number of nitrogens with one attached hydrogen (secondary N) is 1. The summed E-state index contributed by atoms with van der Waals surface area (Å²) < 4.78 is 33.0. The molecule has 0 aromatic heterocycles. The molecular formula is C25H25ClN2O5S. The first-order valence-corrected chi connectivity index (χ1v) is 12.4. The van der Waals surface area contributed by atoms with Crippen LogP contribution in [0.3, 0.4) is 0 Å². The summed E-state index contributed by atoms with van der Waals surface area (Å²) in [5.74, 6) is -1.06. The van der Waals surface area contributed by atoms with E-state index in [2.05, 4.69) is 5.32 Å². The highest BCUT2D eigenvalue weighted by atomic mass is 35.5. The molecule has 0 radical (unpaired) electrons. The Kier molecular flexibility index (Phi) is 7.96. The van der Waals surface area contributed by atoms with Crippen molar-refractivity contribution in [3.05, 3.63) is 88.4 Å². The molecule has 0 aliphatic rings. The van der Waals surface area contributed by atoms with Crippen LogP contribution in [0, 0.1) is 13.8 Å². The number of sulfonamides is 1. The number of anilines is 2. The van der Waals surface area contributed by atoms with E-state index < -0.39 is 28.4 Å². The van der Waals surface area contributed by atoms with Crippen molar-refractivity contribution in [2.45, 2.75) is 25.7 Å². The van der Waals surface area contributed by atoms with Crippen LogP contribution in [0.15, 0.2) is 71.6 Å². The minimum Gasteiger partial charge on any atom is -0.462 e. The number of hydrogen-bond acceptors (Lipinski definition) is 5. The Balaban J connectivity index is 1.92. The van der Waals surface area contributed by atoms with Gasteiger partial charge in [0.05, 0.1) is 22.8 Å². The summed E-state index contributed by atoms with van der Waals surface area (Å²) in [5.41, 5.74) is 2.53. The zero-order chi connectivity index (χ0) is 24.9. The quantitative estimate of drug-likeness (QED) is 0.441. The topological polar surface area (TPSA) is 92.8 Å². The normalized spacial score (nSPS) is 11.1. The van der Waals surface area contributed by atoms with Gasteiger partial charge in [0.15, 0.2) is 0 Å². The van der Waals surface area contributed by atoms with E-state index in [-0.39, 0.29) is 11.5 Å². The summed E-state index contributed by atoms with van der Waals surface area (Å²) >= 11 is 5.91. The van der Waals surface area contributed by atoms with Gasteiger partial charge in [0.1, 0.15) is 6.54 Å². The zero-order valence-electron chi connectivity index (χ0n) is 19.0. The van der Waals surface area contributed by atoms with Gasteiger partial charge < -0.3 is 10.1 Å². The van der Waals surface area contributed by atoms with Crippen molar-refractivity contribution in [3.63, 3.8) is 0 Å². The van der Waals surface area contributed by atoms with E-state index in [0.717, 1.165) is 9.87 Å². The van der Waals surface area contributed by atoms with Gasteiger partial charge in [-0.3, -0.25) is 9.10 Å². The van der Waals surface area contributed by atoms with Gasteiger partial charge in [0.25, 0.3) is 10.0 Å². The smallest absolute Gasteiger partial charge is 0.338 e. The Bertz CT molecular complexity index is 1290. The van der Waals surface area contributed by atoms with Crippen LogP contribution in [0.2, 0.25) is 5.02 Å². The Hall–Kier alpha value is -3.36. The van der Waals surface area contributed by atoms with Crippen molar-refractivity contribution in [2.75, 3.05) is 22.8 Å². The molecule has 0 aliphatic heterocycles. The first-order valence-electron chi connectivity index (χ1n) is 10.5. The number of carbonyl (C=O) groups is 2. The van der Waals surface area contributed by atoms with Gasteiger partial charge in [-0.1, -0.05) is 35.4 Å². The summed E-state index contributed by atoms with van der Waals surface area (Å²) in [5, 5.41) is 3.12. The minimum absolute atomic E-state index is 0.00534. The molecule has 178 valence electrons. The van der Waals surface area contributed by atoms with Crippen LogP contribution in [0.4, 0.5) is 11.4 Å². The largest absolute Gasteiger partial charge is 0.462 e. The van der Waals surface area contributed by atoms with Crippen molar-refractivity contribution >= 4 is 44.9 Å². The number of halogens is 1. The van der Waals surface area contributed by atoms with Crippen molar-refractivity contribution < 1.29 is 22.7 Å². The number of benzene rings is 3. The molecule has 0 spiro atoms. The predicted molar refractivity (Wildman–Crippen MR) is 133 cm³/mol. The molecule has 0 saturated heterocycles. The second-order valence-corrected chi connectivity index (χ2v) is 9.85. The average Bonchev–Trinajstić information content (AvgIpc) is 2.80. The standard InChI is InChI=1S/C25H25ClN2O5S/c1-4-33-25(30)22-6-5-7-23(18(22)3)27-24(29)16-28(20-12-8-17(2)9-13-20)34(31,32)21-14-10-19(26)11-15-21/h5-15H,4,16H2,1-3H3,(H,27,29). The van der Waals surface area contributed by atoms with Crippen molar-refractivity contribution in [1.29, 1.82) is 0 Å². The van der Waals surface area contributed by atoms with Crippen LogP contribution in [0.1, 0.15) is 28.4 Å². The molecular weight excluding hydrogens is 476 g/mol. The highest BCUT2D eigenvalue weighted by Crippen LogP contribution is 2.26. The van der Waals surface area contributed by atoms with Gasteiger partial charge in [-0.05, 0) is 74.9 Å². The molecule has 1 amide bonds. The molecule has 0 aliphatic carbocycles. The lowest BCUT2D eigenvalue weighted by atomic mass is 10.1. The van der Waals surface area contributed by atoms with Gasteiger partial charge in [0.2, 0.25) is 5.91 Å². The number of ether oxygens (including phenoxy) is 1. The van der Waals surface area contributed by atoms with E-state index in [1.54, 1.807) is 56.3 Å². The maximum Gasteiger partial charge on any atom is 0.338 e. The second kappa shape index (κ2) is 10.7. The molecule has 1 N–H and O–H groups in total. The number of aryl methyl sites for hydroxylation is 1. The summed E-state index contributed by atoms with van der Waals surface area (Å²) in [6.07, 6.45) is 0. The molecule has 3 aromatic carbocycles. The molecule has 3 aromatic rings. The van der Waals surface area contributed by atoms with Gasteiger partial charge in [-0.2, -0.15) is 0 Å². The molecule has 7 nitrogen and oxygen atoms in total. The first kappa shape index (κ1) is 25.3. The summed E-state index contributed by atoms with van der Waals surface area (Å²) in [6, 6.07) is 17.4. The van der Waals surface area contributed by atoms with Crippen molar-refractivity contribution in [1.82, 2.24) is 0 Å². The number of nitrogens with zero attached hydrogens (tertiary/aromatic N) is 1. The summed E-state index contributed by atoms with van der Waals surface area (Å²) in [4.78, 5) is 25.2. The van der Waals surface area contributed by atoms with Crippen LogP contribution in [0.5, 0.6) is 0 Å². The third kappa shape index (κ3) is 5.76. The molecule has 3 rings (SSSR count). The average molecular weight is 501 g/mol. The van der Waals surface area contributed by atoms with E-state index in [1.165, 1.54) is 24.3 Å². The molecule has 0 heterocycles. The first-order chi connectivity index (χ1) is 16.1. The fraction of sp³-hybridized carbons (Fsp3) is 0.200. The van der Waals surface area contributed by atoms with Gasteiger partial charge >= 0.3 is 5.97 Å². The Labute approximate surface area is 204 Å². The van der Waals surface area contributed by atoms with E-state index >= 15 is 0 Å². The molecule has 0 unspecified atom stereocenters. The predicted octanol–water partition coefficient (Wildman–Crippen LogP) is 4.97. The van der Waals surface area contributed by atoms with Crippen LogP contribution in [-0.4, -0.2) is 33.4 Å². The van der Waals surface area contributed by atoms with Crippen LogP contribution in [0.25, 0.3) is 0 Å². The van der Waals surface area contributed by atoms with Crippen LogP contribution < -0.4 is 9.62 Å². The fourth-order valence-corrected chi connectivity index (χ4v) is 4.83. The van der Waals surface area contributed by atoms with E-state index in [4.69, 9.17) is 16.3 Å². The molecule has 0 saturated carbocycles. The Morgan fingerprint density at radius 1 is 0.971 bits per heavy atom. The van der Waals surface area contributed by atoms with E-state index in [1.807, 2.05) is 6.92 Å². The Morgan fingerprint density at radius 3 is 2.24 bits per heavy atom. The maximum absolute atomic E-state index is 13.4. The lowest BCUT2D eigenvalue weighted by molar-refractivity contribution is -0.114. The van der Waals surface area contributed by atoms with E-state index in [9.17, 15) is 18.0 Å². The van der Waals surface area contributed by atoms with Crippen LogP contribution in [-0.2, 0) is 19.6 Å². The van der Waals surface area contributed by atoms with Crippen molar-refractivity contribution in [2.24, 2.45) is 0 Å². The zero-order valence-corrected chi connectivity index (χ0v) is 20.6. The van der Waals surface area contributed by atoms with Gasteiger partial charge in [-0.25, -0.2) is 13.2 Å². The number of esters is 1. The van der Waals surface area contributed by atoms with Gasteiger partial charge in [0, 0.05) is 10.7 Å². The third-order valence-corrected chi connectivity index (χ3v) is 7.15. The van der Waals surface area contributed by atoms with Crippen LogP contribution >= 0.6 is 11.6 Å². The molecule has 0 atom stereocenters. The highest BCUT2D eigenvalue weighted by Gasteiger charge is 2.27. The minimum atomic E-state index is -4.07. The number of rotatable bonds is 8. The third-order valence-electron chi connectivity index (χ3n) is 5.11. The lowest BCUT2D eigenvalue weighted by Crippen LogP contribution is -2.38. The molecule has 9 heteroatoms. The van der Waals surface area contributed by atoms with E-state index in [0.29, 0.717) is 27.5 Å². The number of amides is 1. The highest BCUT2D eigenvalue weighted by molar-refractivity contribution is 7.92. The second-order valence-electron chi connectivity index (χ2n) is 7.55. The molecule has 0 fully saturated rings. The monoisotopic (exact) mass is 500 g/mol. The number of carbonyl (C=O) groups excluding carboxylic acids is 2. The maximum atomic E-state index is 13.4. The molecule has 0 bridgehead atoms. The Morgan fingerprint density at radius 2 is 1.62 bits per heavy atom. The van der Waals surface area contributed by atoms with Crippen molar-refractivity contribution in [3.8, 4) is 0 Å². The summed E-state index contributed by atoms with van der Waals surface area (Å²) in [7, 11) is -4.07. The van der Waals surface area contributed by atoms with Gasteiger partial charge in [-0.15, -0.1) is 0 Å². The number of hydrogen-bond donors (Lipinski definition) is 1. The summed E-state index contributed by atoms with van der Waals surface area (Å²) in [6.45, 7) is 5.03. The molecule has 34 heavy (non-hydrogen) atoms.